The summed E-state index contributed by atoms with van der Waals surface area (Å²) in [5, 5.41) is 12.4. The van der Waals surface area contributed by atoms with Crippen LogP contribution in [0.3, 0.4) is 0 Å². The van der Waals surface area contributed by atoms with E-state index in [9.17, 15) is 13.9 Å². The minimum Gasteiger partial charge on any atom is -0.494 e. The smallest absolute Gasteiger partial charge is 0.167 e. The van der Waals surface area contributed by atoms with Gasteiger partial charge in [0.25, 0.3) is 0 Å². The number of ether oxygens (including phenoxy) is 1. The molecule has 0 amide bonds. The summed E-state index contributed by atoms with van der Waals surface area (Å²) in [6.07, 6.45) is 2.64. The first kappa shape index (κ1) is 13.1. The predicted molar refractivity (Wildman–Crippen MR) is 64.8 cm³/mol. The van der Waals surface area contributed by atoms with Crippen LogP contribution >= 0.6 is 0 Å². The minimum absolute atomic E-state index is 0.0793. The molecule has 1 aliphatic rings. The van der Waals surface area contributed by atoms with Gasteiger partial charge in [0.15, 0.2) is 11.6 Å². The van der Waals surface area contributed by atoms with E-state index in [1.54, 1.807) is 0 Å². The number of methoxy groups -OCH3 is 1. The number of hydrogen-bond donors (Lipinski definition) is 2. The number of halogens is 2. The standard InChI is InChI=1S/C13H17F2NO2/c1-18-13-7-10(14)12(6-11(13)15)16-8-2-4-9(17)5-3-8/h6-9,16-17H,2-5H2,1H3. The van der Waals surface area contributed by atoms with Gasteiger partial charge in [-0.25, -0.2) is 8.78 Å². The quantitative estimate of drug-likeness (QED) is 0.874. The van der Waals surface area contributed by atoms with Crippen molar-refractivity contribution in [2.45, 2.75) is 37.8 Å². The Labute approximate surface area is 105 Å². The van der Waals surface area contributed by atoms with Crippen LogP contribution in [0.2, 0.25) is 0 Å². The Morgan fingerprint density at radius 1 is 1.17 bits per heavy atom. The Morgan fingerprint density at radius 2 is 1.83 bits per heavy atom. The SMILES string of the molecule is COc1cc(F)c(NC2CCC(O)CC2)cc1F. The molecule has 0 unspecified atom stereocenters. The molecule has 1 aliphatic carbocycles. The molecule has 1 fully saturated rings. The summed E-state index contributed by atoms with van der Waals surface area (Å²) in [5.41, 5.74) is 0.148. The van der Waals surface area contributed by atoms with Gasteiger partial charge in [-0.3, -0.25) is 0 Å². The van der Waals surface area contributed by atoms with E-state index in [0.717, 1.165) is 25.0 Å². The van der Waals surface area contributed by atoms with Crippen LogP contribution in [0.15, 0.2) is 12.1 Å². The fourth-order valence-electron chi connectivity index (χ4n) is 2.24. The maximum absolute atomic E-state index is 13.7. The molecule has 1 aromatic carbocycles. The molecule has 1 aromatic rings. The normalized spacial score (nSPS) is 23.8. The van der Waals surface area contributed by atoms with Crippen molar-refractivity contribution < 1.29 is 18.6 Å². The highest BCUT2D eigenvalue weighted by Crippen LogP contribution is 2.28. The van der Waals surface area contributed by atoms with Crippen LogP contribution in [0.5, 0.6) is 5.75 Å². The highest BCUT2D eigenvalue weighted by Gasteiger charge is 2.20. The average Bonchev–Trinajstić information content (AvgIpc) is 2.36. The summed E-state index contributed by atoms with van der Waals surface area (Å²) in [7, 11) is 1.30. The first-order valence-electron chi connectivity index (χ1n) is 6.07. The van der Waals surface area contributed by atoms with E-state index in [1.807, 2.05) is 0 Å². The first-order valence-corrected chi connectivity index (χ1v) is 6.07. The number of anilines is 1. The van der Waals surface area contributed by atoms with Crippen LogP contribution in [0.25, 0.3) is 0 Å². The van der Waals surface area contributed by atoms with E-state index in [2.05, 4.69) is 5.32 Å². The van der Waals surface area contributed by atoms with Crippen LogP contribution < -0.4 is 10.1 Å². The number of rotatable bonds is 3. The van der Waals surface area contributed by atoms with Gasteiger partial charge in [0.05, 0.1) is 18.9 Å². The summed E-state index contributed by atoms with van der Waals surface area (Å²) in [6.45, 7) is 0. The lowest BCUT2D eigenvalue weighted by Gasteiger charge is -2.27. The van der Waals surface area contributed by atoms with Crippen molar-refractivity contribution in [1.29, 1.82) is 0 Å². The van der Waals surface area contributed by atoms with Gasteiger partial charge >= 0.3 is 0 Å². The summed E-state index contributed by atoms with van der Waals surface area (Å²) >= 11 is 0. The van der Waals surface area contributed by atoms with E-state index < -0.39 is 11.6 Å². The Hall–Kier alpha value is -1.36. The van der Waals surface area contributed by atoms with E-state index in [0.29, 0.717) is 12.8 Å². The fourth-order valence-corrected chi connectivity index (χ4v) is 2.24. The molecule has 0 heterocycles. The molecular weight excluding hydrogens is 240 g/mol. The summed E-state index contributed by atoms with van der Waals surface area (Å²) in [6, 6.07) is 2.23. The van der Waals surface area contributed by atoms with Crippen LogP contribution in [0, 0.1) is 11.6 Å². The molecule has 1 saturated carbocycles. The lowest BCUT2D eigenvalue weighted by molar-refractivity contribution is 0.126. The zero-order valence-electron chi connectivity index (χ0n) is 10.2. The molecule has 0 atom stereocenters. The summed E-state index contributed by atoms with van der Waals surface area (Å²) < 4.78 is 31.9. The van der Waals surface area contributed by atoms with Crippen molar-refractivity contribution in [2.75, 3.05) is 12.4 Å². The third-order valence-electron chi connectivity index (χ3n) is 3.30. The third kappa shape index (κ3) is 2.90. The maximum Gasteiger partial charge on any atom is 0.167 e. The van der Waals surface area contributed by atoms with Crippen molar-refractivity contribution in [3.63, 3.8) is 0 Å². The zero-order chi connectivity index (χ0) is 13.1. The van der Waals surface area contributed by atoms with Gasteiger partial charge in [-0.1, -0.05) is 0 Å². The van der Waals surface area contributed by atoms with Gasteiger partial charge in [-0.05, 0) is 25.7 Å². The lowest BCUT2D eigenvalue weighted by atomic mass is 9.93. The third-order valence-corrected chi connectivity index (χ3v) is 3.30. The van der Waals surface area contributed by atoms with E-state index in [1.165, 1.54) is 7.11 Å². The number of aliphatic hydroxyl groups is 1. The summed E-state index contributed by atoms with van der Waals surface area (Å²) in [5.74, 6) is -1.21. The van der Waals surface area contributed by atoms with E-state index in [-0.39, 0.29) is 23.6 Å². The Balaban J connectivity index is 2.07. The van der Waals surface area contributed by atoms with Gasteiger partial charge < -0.3 is 15.2 Å². The second-order valence-corrected chi connectivity index (χ2v) is 4.62. The number of hydrogen-bond acceptors (Lipinski definition) is 3. The second kappa shape index (κ2) is 5.52. The van der Waals surface area contributed by atoms with Crippen LogP contribution in [0.1, 0.15) is 25.7 Å². The molecule has 5 heteroatoms. The highest BCUT2D eigenvalue weighted by atomic mass is 19.1. The molecule has 0 aliphatic heterocycles. The number of nitrogens with one attached hydrogen (secondary N) is 1. The van der Waals surface area contributed by atoms with Crippen LogP contribution in [-0.2, 0) is 0 Å². The Kier molecular flexibility index (Phi) is 4.01. The Morgan fingerprint density at radius 3 is 2.44 bits per heavy atom. The van der Waals surface area contributed by atoms with Gasteiger partial charge in [0.1, 0.15) is 5.82 Å². The van der Waals surface area contributed by atoms with Crippen molar-refractivity contribution >= 4 is 5.69 Å². The first-order chi connectivity index (χ1) is 8.60. The van der Waals surface area contributed by atoms with Crippen molar-refractivity contribution in [3.8, 4) is 5.75 Å². The van der Waals surface area contributed by atoms with Crippen molar-refractivity contribution in [2.24, 2.45) is 0 Å². The molecule has 2 N–H and O–H groups in total. The van der Waals surface area contributed by atoms with Crippen LogP contribution in [-0.4, -0.2) is 24.4 Å². The molecule has 2 rings (SSSR count). The van der Waals surface area contributed by atoms with E-state index >= 15 is 0 Å². The zero-order valence-corrected chi connectivity index (χ0v) is 10.2. The van der Waals surface area contributed by atoms with Gasteiger partial charge in [0.2, 0.25) is 0 Å². The molecule has 0 saturated heterocycles. The molecule has 0 spiro atoms. The van der Waals surface area contributed by atoms with Gasteiger partial charge in [-0.2, -0.15) is 0 Å². The average molecular weight is 257 g/mol. The van der Waals surface area contributed by atoms with Crippen molar-refractivity contribution in [1.82, 2.24) is 0 Å². The predicted octanol–water partition coefficient (Wildman–Crippen LogP) is 2.69. The van der Waals surface area contributed by atoms with Crippen LogP contribution in [0.4, 0.5) is 14.5 Å². The number of aliphatic hydroxyl groups excluding tert-OH is 1. The van der Waals surface area contributed by atoms with E-state index in [4.69, 9.17) is 4.74 Å². The monoisotopic (exact) mass is 257 g/mol. The lowest BCUT2D eigenvalue weighted by Crippen LogP contribution is -2.28. The molecule has 0 bridgehead atoms. The molecule has 0 aromatic heterocycles. The summed E-state index contributed by atoms with van der Waals surface area (Å²) in [4.78, 5) is 0. The highest BCUT2D eigenvalue weighted by molar-refractivity contribution is 5.49. The second-order valence-electron chi connectivity index (χ2n) is 4.62. The fraction of sp³-hybridized carbons (Fsp3) is 0.538. The molecule has 0 radical (unpaired) electrons. The molecule has 3 nitrogen and oxygen atoms in total. The van der Waals surface area contributed by atoms with Gasteiger partial charge in [-0.15, -0.1) is 0 Å². The minimum atomic E-state index is -0.586. The molecule has 100 valence electrons. The number of benzene rings is 1. The van der Waals surface area contributed by atoms with Gasteiger partial charge in [0, 0.05) is 18.2 Å². The molecular formula is C13H17F2NO2. The molecule has 18 heavy (non-hydrogen) atoms. The van der Waals surface area contributed by atoms with Crippen molar-refractivity contribution in [3.05, 3.63) is 23.8 Å². The Bertz CT molecular complexity index is 418. The topological polar surface area (TPSA) is 41.5 Å². The maximum atomic E-state index is 13.7. The largest absolute Gasteiger partial charge is 0.494 e.